The van der Waals surface area contributed by atoms with Gasteiger partial charge in [-0.05, 0) is 78.3 Å². The minimum absolute atomic E-state index is 0.119. The van der Waals surface area contributed by atoms with E-state index < -0.39 is 10.0 Å². The summed E-state index contributed by atoms with van der Waals surface area (Å²) in [6, 6.07) is 11.6. The maximum absolute atomic E-state index is 12.9. The highest BCUT2D eigenvalue weighted by molar-refractivity contribution is 7.92. The van der Waals surface area contributed by atoms with Crippen molar-refractivity contribution in [2.24, 2.45) is 0 Å². The predicted molar refractivity (Wildman–Crippen MR) is 141 cm³/mol. The number of likely N-dealkylation sites (tertiary alicyclic amines) is 1. The Balaban J connectivity index is 1.47. The van der Waals surface area contributed by atoms with Crippen molar-refractivity contribution in [2.75, 3.05) is 24.1 Å². The maximum atomic E-state index is 12.9. The van der Waals surface area contributed by atoms with E-state index in [2.05, 4.69) is 15.8 Å². The van der Waals surface area contributed by atoms with Crippen LogP contribution in [0.4, 0.5) is 5.69 Å². The average Bonchev–Trinajstić information content (AvgIpc) is 3.00. The number of piperidine rings is 1. The number of carbonyl (C=O) groups excluding carboxylic acids is 1. The number of halogens is 1. The summed E-state index contributed by atoms with van der Waals surface area (Å²) in [6.07, 6.45) is 9.51. The molecule has 36 heavy (non-hydrogen) atoms. The normalized spacial score (nSPS) is 15.7. The molecule has 0 atom stereocenters. The van der Waals surface area contributed by atoms with Crippen LogP contribution in [0.15, 0.2) is 60.6 Å². The molecule has 2 aromatic heterocycles. The van der Waals surface area contributed by atoms with Gasteiger partial charge in [0.05, 0.1) is 30.3 Å². The first-order valence-corrected chi connectivity index (χ1v) is 14.2. The number of benzene rings is 1. The van der Waals surface area contributed by atoms with Gasteiger partial charge in [0.2, 0.25) is 15.9 Å². The average molecular weight is 523 g/mol. The van der Waals surface area contributed by atoms with Crippen LogP contribution in [0.25, 0.3) is 5.57 Å². The van der Waals surface area contributed by atoms with Crippen LogP contribution in [0.2, 0.25) is 5.02 Å². The Morgan fingerprint density at radius 2 is 1.75 bits per heavy atom. The number of nitrogens with zero attached hydrogens (tertiary/aromatic N) is 3. The molecular formula is C27H27ClN4O3S. The third kappa shape index (κ3) is 5.44. The fourth-order valence-electron chi connectivity index (χ4n) is 5.03. The summed E-state index contributed by atoms with van der Waals surface area (Å²) in [5.41, 5.74) is 7.90. The summed E-state index contributed by atoms with van der Waals surface area (Å²) >= 11 is 6.34. The van der Waals surface area contributed by atoms with Gasteiger partial charge in [-0.25, -0.2) is 8.42 Å². The van der Waals surface area contributed by atoms with E-state index in [1.54, 1.807) is 18.6 Å². The number of hydrogen-bond acceptors (Lipinski definition) is 5. The van der Waals surface area contributed by atoms with Gasteiger partial charge >= 0.3 is 0 Å². The van der Waals surface area contributed by atoms with Crippen LogP contribution in [0.5, 0.6) is 0 Å². The van der Waals surface area contributed by atoms with Crippen molar-refractivity contribution in [1.82, 2.24) is 14.9 Å². The Labute approximate surface area is 216 Å². The zero-order valence-electron chi connectivity index (χ0n) is 20.0. The van der Waals surface area contributed by atoms with Gasteiger partial charge in [0.25, 0.3) is 0 Å². The smallest absolute Gasteiger partial charge is 0.229 e. The molecule has 0 radical (unpaired) electrons. The lowest BCUT2D eigenvalue weighted by atomic mass is 9.88. The minimum atomic E-state index is -3.40. The zero-order valence-corrected chi connectivity index (χ0v) is 21.6. The molecule has 0 spiro atoms. The number of sulfonamides is 1. The summed E-state index contributed by atoms with van der Waals surface area (Å²) in [6.45, 7) is 1.30. The van der Waals surface area contributed by atoms with Gasteiger partial charge in [0, 0.05) is 36.1 Å². The van der Waals surface area contributed by atoms with Crippen molar-refractivity contribution in [3.8, 4) is 0 Å². The molecule has 3 heterocycles. The Morgan fingerprint density at radius 3 is 2.47 bits per heavy atom. The van der Waals surface area contributed by atoms with Gasteiger partial charge < -0.3 is 4.90 Å². The van der Waals surface area contributed by atoms with Crippen molar-refractivity contribution in [3.05, 3.63) is 93.5 Å². The number of rotatable bonds is 4. The summed E-state index contributed by atoms with van der Waals surface area (Å²) in [5.74, 6) is 0.119. The fraction of sp³-hybridized carbons (Fsp3) is 0.296. The largest absolute Gasteiger partial charge is 0.342 e. The third-order valence-corrected chi connectivity index (χ3v) is 7.53. The van der Waals surface area contributed by atoms with Gasteiger partial charge in [-0.1, -0.05) is 23.2 Å². The third-order valence-electron chi connectivity index (χ3n) is 6.68. The van der Waals surface area contributed by atoms with E-state index in [-0.39, 0.29) is 5.91 Å². The first kappa shape index (κ1) is 24.5. The van der Waals surface area contributed by atoms with Crippen LogP contribution in [0, 0.1) is 0 Å². The number of nitrogens with one attached hydrogen (secondary N) is 1. The quantitative estimate of drug-likeness (QED) is 0.552. The molecule has 1 aromatic carbocycles. The summed E-state index contributed by atoms with van der Waals surface area (Å²) < 4.78 is 26.1. The van der Waals surface area contributed by atoms with Crippen LogP contribution in [0.1, 0.15) is 40.8 Å². The molecule has 5 rings (SSSR count). The number of hydrogen-bond donors (Lipinski definition) is 1. The van der Waals surface area contributed by atoms with Crippen molar-refractivity contribution < 1.29 is 13.2 Å². The number of fused-ring (bicyclic) bond motifs is 2. The molecule has 1 aliphatic heterocycles. The topological polar surface area (TPSA) is 92.3 Å². The van der Waals surface area contributed by atoms with Gasteiger partial charge in [-0.15, -0.1) is 0 Å². The molecular weight excluding hydrogens is 496 g/mol. The van der Waals surface area contributed by atoms with Crippen LogP contribution in [-0.4, -0.2) is 48.5 Å². The number of amides is 1. The Bertz CT molecular complexity index is 1450. The molecule has 0 unspecified atom stereocenters. The van der Waals surface area contributed by atoms with E-state index in [1.165, 1.54) is 5.57 Å². The number of anilines is 1. The standard InChI is InChI=1S/C27H27ClN4O3S/c1-36(34,35)31-23-16-21-3-2-20-15-22(28)4-5-24(20)26(27(21)30-17-23)19-8-12-32(13-9-19)25(33)14-18-6-10-29-11-7-18/h4-7,10-11,15-17,31H,2-3,8-9,12-14H2,1H3. The van der Waals surface area contributed by atoms with Crippen molar-refractivity contribution in [3.63, 3.8) is 0 Å². The molecule has 7 nitrogen and oxygen atoms in total. The van der Waals surface area contributed by atoms with Crippen molar-refractivity contribution in [1.29, 1.82) is 0 Å². The Morgan fingerprint density at radius 1 is 1.03 bits per heavy atom. The SMILES string of the molecule is CS(=O)(=O)Nc1cnc2c(c1)CCc1cc(Cl)ccc1C2=C1CCN(C(=O)Cc2ccncc2)CC1. The first-order chi connectivity index (χ1) is 17.3. The molecule has 1 amide bonds. The Kier molecular flexibility index (Phi) is 6.81. The van der Waals surface area contributed by atoms with E-state index in [4.69, 9.17) is 16.6 Å². The van der Waals surface area contributed by atoms with Gasteiger partial charge in [-0.2, -0.15) is 0 Å². The van der Waals surface area contributed by atoms with Crippen LogP contribution < -0.4 is 4.72 Å². The molecule has 186 valence electrons. The van der Waals surface area contributed by atoms with E-state index in [0.29, 0.717) is 30.2 Å². The van der Waals surface area contributed by atoms with Crippen molar-refractivity contribution >= 4 is 38.8 Å². The monoisotopic (exact) mass is 522 g/mol. The van der Waals surface area contributed by atoms with E-state index in [9.17, 15) is 13.2 Å². The predicted octanol–water partition coefficient (Wildman–Crippen LogP) is 4.27. The second-order valence-corrected chi connectivity index (χ2v) is 11.5. The van der Waals surface area contributed by atoms with Crippen LogP contribution in [0.3, 0.4) is 0 Å². The number of aryl methyl sites for hydroxylation is 2. The number of aromatic nitrogens is 2. The number of pyridine rings is 2. The molecule has 1 aliphatic carbocycles. The summed E-state index contributed by atoms with van der Waals surface area (Å²) in [7, 11) is -3.40. The summed E-state index contributed by atoms with van der Waals surface area (Å²) in [4.78, 5) is 23.6. The first-order valence-electron chi connectivity index (χ1n) is 11.9. The van der Waals surface area contributed by atoms with E-state index in [0.717, 1.165) is 65.5 Å². The highest BCUT2D eigenvalue weighted by atomic mass is 35.5. The second kappa shape index (κ2) is 10.0. The minimum Gasteiger partial charge on any atom is -0.342 e. The maximum Gasteiger partial charge on any atom is 0.229 e. The number of carbonyl (C=O) groups is 1. The fourth-order valence-corrected chi connectivity index (χ4v) is 5.76. The lowest BCUT2D eigenvalue weighted by Crippen LogP contribution is -2.37. The van der Waals surface area contributed by atoms with Gasteiger partial charge in [-0.3, -0.25) is 19.5 Å². The lowest BCUT2D eigenvalue weighted by Gasteiger charge is -2.30. The molecule has 9 heteroatoms. The zero-order chi connectivity index (χ0) is 25.3. The second-order valence-electron chi connectivity index (χ2n) is 9.30. The van der Waals surface area contributed by atoms with Gasteiger partial charge in [0.1, 0.15) is 0 Å². The highest BCUT2D eigenvalue weighted by Crippen LogP contribution is 2.39. The van der Waals surface area contributed by atoms with E-state index in [1.807, 2.05) is 35.2 Å². The molecule has 1 N–H and O–H groups in total. The molecule has 3 aromatic rings. The highest BCUT2D eigenvalue weighted by Gasteiger charge is 2.27. The lowest BCUT2D eigenvalue weighted by molar-refractivity contribution is -0.130. The Hall–Kier alpha value is -3.23. The molecule has 0 saturated carbocycles. The molecule has 1 saturated heterocycles. The molecule has 2 aliphatic rings. The van der Waals surface area contributed by atoms with Crippen molar-refractivity contribution in [2.45, 2.75) is 32.1 Å². The van der Waals surface area contributed by atoms with Crippen LogP contribution >= 0.6 is 11.6 Å². The van der Waals surface area contributed by atoms with Crippen LogP contribution in [-0.2, 0) is 34.1 Å². The van der Waals surface area contributed by atoms with Gasteiger partial charge in [0.15, 0.2) is 0 Å². The summed E-state index contributed by atoms with van der Waals surface area (Å²) in [5, 5.41) is 0.688. The van der Waals surface area contributed by atoms with E-state index >= 15 is 0 Å². The molecule has 0 bridgehead atoms. The molecule has 1 fully saturated rings.